The lowest BCUT2D eigenvalue weighted by Gasteiger charge is -2.16. The second-order valence-corrected chi connectivity index (χ2v) is 3.55. The smallest absolute Gasteiger partial charge is 0.0434 e. The first-order valence-electron chi connectivity index (χ1n) is 2.82. The third-order valence-electron chi connectivity index (χ3n) is 1.26. The summed E-state index contributed by atoms with van der Waals surface area (Å²) >= 11 is 3.55. The molecule has 2 atom stereocenters. The number of rotatable bonds is 1. The van der Waals surface area contributed by atoms with Gasteiger partial charge >= 0.3 is 0 Å². The van der Waals surface area contributed by atoms with Gasteiger partial charge in [-0.15, -0.1) is 0 Å². The Balaban J connectivity index is 2.60. The van der Waals surface area contributed by atoms with E-state index in [0.717, 1.165) is 0 Å². The molecule has 0 saturated heterocycles. The van der Waals surface area contributed by atoms with Crippen molar-refractivity contribution in [2.45, 2.75) is 11.7 Å². The van der Waals surface area contributed by atoms with E-state index in [2.05, 4.69) is 0 Å². The largest absolute Gasteiger partial charge is 0.772 e. The van der Waals surface area contributed by atoms with Crippen molar-refractivity contribution in [1.29, 1.82) is 0 Å². The Morgan fingerprint density at radius 2 is 2.50 bits per heavy atom. The first kappa shape index (κ1) is 7.98. The van der Waals surface area contributed by atoms with Crippen molar-refractivity contribution >= 4 is 22.7 Å². The zero-order chi connectivity index (χ0) is 7.56. The Bertz CT molecular complexity index is 210. The molecular formula is C6H6ClO2S-. The molecule has 0 saturated carbocycles. The molecule has 2 nitrogen and oxygen atoms in total. The SMILES string of the molecule is O=S([O-])C1C=CC(Cl)=CC1. The predicted molar refractivity (Wildman–Crippen MR) is 40.4 cm³/mol. The zero-order valence-electron chi connectivity index (χ0n) is 5.12. The molecule has 1 aliphatic carbocycles. The number of allylic oxidation sites excluding steroid dienone is 3. The van der Waals surface area contributed by atoms with Crippen molar-refractivity contribution < 1.29 is 8.76 Å². The van der Waals surface area contributed by atoms with Crippen LogP contribution in [0.15, 0.2) is 23.3 Å². The van der Waals surface area contributed by atoms with Crippen LogP contribution in [-0.4, -0.2) is 14.0 Å². The normalized spacial score (nSPS) is 27.8. The lowest BCUT2D eigenvalue weighted by Crippen LogP contribution is -2.12. The van der Waals surface area contributed by atoms with E-state index in [-0.39, 0.29) is 5.25 Å². The van der Waals surface area contributed by atoms with Crippen LogP contribution in [0.4, 0.5) is 0 Å². The van der Waals surface area contributed by atoms with Crippen LogP contribution in [0.1, 0.15) is 6.42 Å². The molecule has 0 radical (unpaired) electrons. The molecule has 0 N–H and O–H groups in total. The summed E-state index contributed by atoms with van der Waals surface area (Å²) in [6, 6.07) is 0. The van der Waals surface area contributed by atoms with Crippen LogP contribution < -0.4 is 0 Å². The summed E-state index contributed by atoms with van der Waals surface area (Å²) in [6.07, 6.45) is 5.38. The van der Waals surface area contributed by atoms with Gasteiger partial charge in [-0.05, 0) is 23.6 Å². The monoisotopic (exact) mass is 177 g/mol. The highest BCUT2D eigenvalue weighted by Gasteiger charge is 2.06. The summed E-state index contributed by atoms with van der Waals surface area (Å²) in [6.45, 7) is 0. The molecule has 0 fully saturated rings. The molecule has 0 aromatic rings. The van der Waals surface area contributed by atoms with Gasteiger partial charge in [0.15, 0.2) is 0 Å². The van der Waals surface area contributed by atoms with Crippen LogP contribution in [0.25, 0.3) is 0 Å². The van der Waals surface area contributed by atoms with E-state index in [1.165, 1.54) is 0 Å². The Morgan fingerprint density at radius 1 is 1.80 bits per heavy atom. The van der Waals surface area contributed by atoms with Crippen LogP contribution in [0, 0.1) is 0 Å². The molecule has 0 spiro atoms. The Kier molecular flexibility index (Phi) is 2.65. The zero-order valence-corrected chi connectivity index (χ0v) is 6.69. The van der Waals surface area contributed by atoms with Gasteiger partial charge in [0.2, 0.25) is 0 Å². The van der Waals surface area contributed by atoms with E-state index >= 15 is 0 Å². The maximum absolute atomic E-state index is 10.3. The molecule has 0 aromatic carbocycles. The van der Waals surface area contributed by atoms with E-state index in [1.54, 1.807) is 18.2 Å². The first-order valence-corrected chi connectivity index (χ1v) is 4.33. The standard InChI is InChI=1S/C6H7ClO2S/c7-5-1-3-6(4-2-5)10(8)9/h1-3,6H,4H2,(H,8,9)/p-1. The first-order chi connectivity index (χ1) is 4.70. The van der Waals surface area contributed by atoms with Crippen LogP contribution in [0.3, 0.4) is 0 Å². The molecular weight excluding hydrogens is 172 g/mol. The fraction of sp³-hybridized carbons (Fsp3) is 0.333. The van der Waals surface area contributed by atoms with Gasteiger partial charge < -0.3 is 4.55 Å². The van der Waals surface area contributed by atoms with Crippen LogP contribution in [-0.2, 0) is 11.1 Å². The van der Waals surface area contributed by atoms with E-state index in [4.69, 9.17) is 11.6 Å². The minimum atomic E-state index is -2.01. The minimum Gasteiger partial charge on any atom is -0.772 e. The van der Waals surface area contributed by atoms with E-state index in [0.29, 0.717) is 11.5 Å². The van der Waals surface area contributed by atoms with Gasteiger partial charge in [0.25, 0.3) is 0 Å². The second kappa shape index (κ2) is 3.32. The lowest BCUT2D eigenvalue weighted by molar-refractivity contribution is 0.529. The third-order valence-corrected chi connectivity index (χ3v) is 2.39. The van der Waals surface area contributed by atoms with Crippen molar-refractivity contribution in [3.05, 3.63) is 23.3 Å². The molecule has 4 heteroatoms. The van der Waals surface area contributed by atoms with Gasteiger partial charge in [0, 0.05) is 10.3 Å². The summed E-state index contributed by atoms with van der Waals surface area (Å²) in [5, 5.41) is 0.226. The van der Waals surface area contributed by atoms with Crippen molar-refractivity contribution in [2.75, 3.05) is 0 Å². The molecule has 1 rings (SSSR count). The van der Waals surface area contributed by atoms with Crippen LogP contribution >= 0.6 is 11.6 Å². The van der Waals surface area contributed by atoms with Gasteiger partial charge in [-0.1, -0.05) is 23.8 Å². The molecule has 2 unspecified atom stereocenters. The quantitative estimate of drug-likeness (QED) is 0.567. The molecule has 0 aromatic heterocycles. The van der Waals surface area contributed by atoms with E-state index < -0.39 is 11.1 Å². The second-order valence-electron chi connectivity index (χ2n) is 1.98. The Labute approximate surface area is 66.9 Å². The van der Waals surface area contributed by atoms with Crippen LogP contribution in [0.5, 0.6) is 0 Å². The number of hydrogen-bond acceptors (Lipinski definition) is 2. The number of hydrogen-bond donors (Lipinski definition) is 0. The van der Waals surface area contributed by atoms with Crippen LogP contribution in [0.2, 0.25) is 0 Å². The average molecular weight is 178 g/mol. The molecule has 1 aliphatic rings. The van der Waals surface area contributed by atoms with Crippen molar-refractivity contribution in [2.24, 2.45) is 0 Å². The van der Waals surface area contributed by atoms with Gasteiger partial charge in [0.05, 0.1) is 0 Å². The third kappa shape index (κ3) is 1.94. The molecule has 10 heavy (non-hydrogen) atoms. The molecule has 0 aliphatic heterocycles. The highest BCUT2D eigenvalue weighted by molar-refractivity contribution is 7.80. The van der Waals surface area contributed by atoms with Crippen molar-refractivity contribution in [1.82, 2.24) is 0 Å². The maximum Gasteiger partial charge on any atom is 0.0434 e. The van der Waals surface area contributed by atoms with Gasteiger partial charge in [-0.25, -0.2) is 0 Å². The molecule has 0 heterocycles. The van der Waals surface area contributed by atoms with E-state index in [1.807, 2.05) is 0 Å². The Morgan fingerprint density at radius 3 is 2.90 bits per heavy atom. The highest BCUT2D eigenvalue weighted by Crippen LogP contribution is 2.16. The minimum absolute atomic E-state index is 0.387. The number of halogens is 1. The molecule has 56 valence electrons. The molecule has 0 amide bonds. The topological polar surface area (TPSA) is 40.1 Å². The summed E-state index contributed by atoms with van der Waals surface area (Å²) < 4.78 is 20.7. The van der Waals surface area contributed by atoms with Crippen molar-refractivity contribution in [3.8, 4) is 0 Å². The van der Waals surface area contributed by atoms with E-state index in [9.17, 15) is 8.76 Å². The fourth-order valence-corrected chi connectivity index (χ4v) is 1.34. The summed E-state index contributed by atoms with van der Waals surface area (Å²) in [4.78, 5) is 0. The molecule has 0 bridgehead atoms. The lowest BCUT2D eigenvalue weighted by atomic mass is 10.2. The van der Waals surface area contributed by atoms with Gasteiger partial charge in [-0.3, -0.25) is 4.21 Å². The maximum atomic E-state index is 10.3. The van der Waals surface area contributed by atoms with Gasteiger partial charge in [-0.2, -0.15) is 0 Å². The summed E-state index contributed by atoms with van der Waals surface area (Å²) in [5.41, 5.74) is 0. The van der Waals surface area contributed by atoms with Gasteiger partial charge in [0.1, 0.15) is 0 Å². The summed E-state index contributed by atoms with van der Waals surface area (Å²) in [7, 11) is 0. The Hall–Kier alpha value is -0.120. The predicted octanol–water partition coefficient (Wildman–Crippen LogP) is 1.32. The average Bonchev–Trinajstić information content (AvgIpc) is 1.88. The van der Waals surface area contributed by atoms with Crippen molar-refractivity contribution in [3.63, 3.8) is 0 Å². The summed E-state index contributed by atoms with van der Waals surface area (Å²) in [5.74, 6) is 0. The highest BCUT2D eigenvalue weighted by atomic mass is 35.5. The fourth-order valence-electron chi connectivity index (χ4n) is 0.717.